The number of carbonyl (C=O) groups is 1. The van der Waals surface area contributed by atoms with Gasteiger partial charge in [0.25, 0.3) is 0 Å². The lowest BCUT2D eigenvalue weighted by molar-refractivity contribution is -0.152. The zero-order chi connectivity index (χ0) is 13.1. The van der Waals surface area contributed by atoms with Gasteiger partial charge in [0, 0.05) is 0 Å². The Kier molecular flexibility index (Phi) is 5.03. The summed E-state index contributed by atoms with van der Waals surface area (Å²) < 4.78 is 4.94. The molecule has 0 aliphatic rings. The molecule has 0 saturated carbocycles. The SMILES string of the molecule is COC(=O)C(C(C)CC(C)(C)C)C(C)(C)C. The molecule has 0 saturated heterocycles. The summed E-state index contributed by atoms with van der Waals surface area (Å²) in [6.07, 6.45) is 1.03. The molecule has 2 heteroatoms. The standard InChI is InChI=1S/C14H28O2/c1-10(9-13(2,3)4)11(12(15)16-8)14(5,6)7/h10-11H,9H2,1-8H3. The summed E-state index contributed by atoms with van der Waals surface area (Å²) in [4.78, 5) is 11.9. The Morgan fingerprint density at radius 2 is 1.56 bits per heavy atom. The van der Waals surface area contributed by atoms with Crippen molar-refractivity contribution in [2.45, 2.75) is 54.9 Å². The van der Waals surface area contributed by atoms with Crippen LogP contribution in [0.4, 0.5) is 0 Å². The van der Waals surface area contributed by atoms with Gasteiger partial charge in [-0.2, -0.15) is 0 Å². The minimum absolute atomic E-state index is 0.0308. The van der Waals surface area contributed by atoms with Crippen molar-refractivity contribution in [3.05, 3.63) is 0 Å². The molecule has 0 aliphatic carbocycles. The van der Waals surface area contributed by atoms with E-state index in [-0.39, 0.29) is 22.7 Å². The van der Waals surface area contributed by atoms with Crippen LogP contribution in [-0.2, 0) is 9.53 Å². The molecule has 0 aromatic carbocycles. The Balaban J connectivity index is 4.85. The van der Waals surface area contributed by atoms with Gasteiger partial charge < -0.3 is 4.74 Å². The molecular formula is C14H28O2. The fourth-order valence-corrected chi connectivity index (χ4v) is 2.65. The predicted molar refractivity (Wildman–Crippen MR) is 68.2 cm³/mol. The number of esters is 1. The predicted octanol–water partition coefficient (Wildman–Crippen LogP) is 3.89. The third-order valence-electron chi connectivity index (χ3n) is 2.89. The quantitative estimate of drug-likeness (QED) is 0.685. The molecule has 0 heterocycles. The Hall–Kier alpha value is -0.530. The molecule has 0 amide bonds. The molecule has 0 spiro atoms. The lowest BCUT2D eigenvalue weighted by atomic mass is 9.69. The largest absolute Gasteiger partial charge is 0.469 e. The van der Waals surface area contributed by atoms with Gasteiger partial charge in [0.2, 0.25) is 0 Å². The van der Waals surface area contributed by atoms with Crippen molar-refractivity contribution in [3.8, 4) is 0 Å². The first-order valence-corrected chi connectivity index (χ1v) is 6.07. The van der Waals surface area contributed by atoms with Crippen LogP contribution in [0.5, 0.6) is 0 Å². The highest BCUT2D eigenvalue weighted by Crippen LogP contribution is 2.38. The lowest BCUT2D eigenvalue weighted by Crippen LogP contribution is -2.36. The van der Waals surface area contributed by atoms with Crippen molar-refractivity contribution in [1.29, 1.82) is 0 Å². The normalized spacial score (nSPS) is 16.8. The summed E-state index contributed by atoms with van der Waals surface area (Å²) in [5, 5.41) is 0. The Morgan fingerprint density at radius 1 is 1.12 bits per heavy atom. The molecule has 0 aliphatic heterocycles. The van der Waals surface area contributed by atoms with Gasteiger partial charge in [-0.1, -0.05) is 48.5 Å². The minimum Gasteiger partial charge on any atom is -0.469 e. The van der Waals surface area contributed by atoms with E-state index in [1.54, 1.807) is 0 Å². The first-order chi connectivity index (χ1) is 6.99. The van der Waals surface area contributed by atoms with Gasteiger partial charge in [0.1, 0.15) is 0 Å². The molecule has 0 bridgehead atoms. The fourth-order valence-electron chi connectivity index (χ4n) is 2.65. The van der Waals surface area contributed by atoms with Gasteiger partial charge in [-0.05, 0) is 23.2 Å². The first-order valence-electron chi connectivity index (χ1n) is 6.07. The highest BCUT2D eigenvalue weighted by molar-refractivity contribution is 5.73. The summed E-state index contributed by atoms with van der Waals surface area (Å²) >= 11 is 0. The second kappa shape index (κ2) is 5.20. The second-order valence-corrected chi connectivity index (χ2v) is 7.11. The third-order valence-corrected chi connectivity index (χ3v) is 2.89. The maximum absolute atomic E-state index is 11.9. The fraction of sp³-hybridized carbons (Fsp3) is 0.929. The molecular weight excluding hydrogens is 200 g/mol. The van der Waals surface area contributed by atoms with Crippen molar-refractivity contribution < 1.29 is 9.53 Å². The molecule has 2 atom stereocenters. The molecule has 16 heavy (non-hydrogen) atoms. The van der Waals surface area contributed by atoms with Gasteiger partial charge >= 0.3 is 5.97 Å². The van der Waals surface area contributed by atoms with Crippen LogP contribution in [0.1, 0.15) is 54.9 Å². The molecule has 0 fully saturated rings. The number of hydrogen-bond donors (Lipinski definition) is 0. The number of methoxy groups -OCH3 is 1. The Labute approximate surface area is 101 Å². The van der Waals surface area contributed by atoms with E-state index in [2.05, 4.69) is 48.5 Å². The van der Waals surface area contributed by atoms with Gasteiger partial charge in [-0.3, -0.25) is 4.79 Å². The molecule has 0 radical (unpaired) electrons. The van der Waals surface area contributed by atoms with E-state index in [4.69, 9.17) is 4.74 Å². The maximum atomic E-state index is 11.9. The van der Waals surface area contributed by atoms with E-state index in [0.29, 0.717) is 5.92 Å². The third kappa shape index (κ3) is 5.00. The monoisotopic (exact) mass is 228 g/mol. The minimum atomic E-state index is -0.0794. The van der Waals surface area contributed by atoms with Crippen LogP contribution in [0.2, 0.25) is 0 Å². The van der Waals surface area contributed by atoms with Crippen molar-refractivity contribution in [2.75, 3.05) is 7.11 Å². The van der Waals surface area contributed by atoms with Gasteiger partial charge in [-0.25, -0.2) is 0 Å². The van der Waals surface area contributed by atoms with Gasteiger partial charge in [-0.15, -0.1) is 0 Å². The van der Waals surface area contributed by atoms with Crippen LogP contribution in [0.15, 0.2) is 0 Å². The summed E-state index contributed by atoms with van der Waals surface area (Å²) in [6.45, 7) is 15.1. The molecule has 2 unspecified atom stereocenters. The lowest BCUT2D eigenvalue weighted by Gasteiger charge is -2.36. The zero-order valence-corrected chi connectivity index (χ0v) is 12.2. The second-order valence-electron chi connectivity index (χ2n) is 7.11. The van der Waals surface area contributed by atoms with Crippen molar-refractivity contribution in [1.82, 2.24) is 0 Å². The van der Waals surface area contributed by atoms with Crippen LogP contribution in [-0.4, -0.2) is 13.1 Å². The number of carbonyl (C=O) groups excluding carboxylic acids is 1. The molecule has 2 nitrogen and oxygen atoms in total. The van der Waals surface area contributed by atoms with Crippen LogP contribution in [0.25, 0.3) is 0 Å². The molecule has 0 N–H and O–H groups in total. The van der Waals surface area contributed by atoms with Gasteiger partial charge in [0.05, 0.1) is 13.0 Å². The molecule has 96 valence electrons. The van der Waals surface area contributed by atoms with Crippen molar-refractivity contribution in [3.63, 3.8) is 0 Å². The van der Waals surface area contributed by atoms with E-state index in [0.717, 1.165) is 6.42 Å². The number of hydrogen-bond acceptors (Lipinski definition) is 2. The highest BCUT2D eigenvalue weighted by atomic mass is 16.5. The van der Waals surface area contributed by atoms with E-state index in [1.165, 1.54) is 7.11 Å². The number of rotatable bonds is 3. The van der Waals surface area contributed by atoms with Crippen LogP contribution in [0.3, 0.4) is 0 Å². The zero-order valence-electron chi connectivity index (χ0n) is 12.2. The topological polar surface area (TPSA) is 26.3 Å². The number of ether oxygens (including phenoxy) is 1. The van der Waals surface area contributed by atoms with Crippen LogP contribution < -0.4 is 0 Å². The summed E-state index contributed by atoms with van der Waals surface area (Å²) in [6, 6.07) is 0. The van der Waals surface area contributed by atoms with Crippen LogP contribution in [0, 0.1) is 22.7 Å². The Bertz CT molecular complexity index is 230. The maximum Gasteiger partial charge on any atom is 0.309 e. The average molecular weight is 228 g/mol. The smallest absolute Gasteiger partial charge is 0.309 e. The van der Waals surface area contributed by atoms with E-state index >= 15 is 0 Å². The van der Waals surface area contributed by atoms with E-state index in [9.17, 15) is 4.79 Å². The van der Waals surface area contributed by atoms with Crippen molar-refractivity contribution in [2.24, 2.45) is 22.7 Å². The van der Waals surface area contributed by atoms with Crippen molar-refractivity contribution >= 4 is 5.97 Å². The molecule has 0 rings (SSSR count). The summed E-state index contributed by atoms with van der Waals surface area (Å²) in [5.41, 5.74) is 0.203. The highest BCUT2D eigenvalue weighted by Gasteiger charge is 2.37. The van der Waals surface area contributed by atoms with Gasteiger partial charge in [0.15, 0.2) is 0 Å². The molecule has 0 aromatic heterocycles. The first kappa shape index (κ1) is 15.5. The average Bonchev–Trinajstić information content (AvgIpc) is 1.97. The molecule has 0 aromatic rings. The van der Waals surface area contributed by atoms with E-state index in [1.807, 2.05) is 0 Å². The Morgan fingerprint density at radius 3 is 1.81 bits per heavy atom. The van der Waals surface area contributed by atoms with Crippen LogP contribution >= 0.6 is 0 Å². The summed E-state index contributed by atoms with van der Waals surface area (Å²) in [5.74, 6) is 0.230. The van der Waals surface area contributed by atoms with E-state index < -0.39 is 0 Å². The summed E-state index contributed by atoms with van der Waals surface area (Å²) in [7, 11) is 1.48.